The van der Waals surface area contributed by atoms with Crippen LogP contribution in [0.5, 0.6) is 0 Å². The second kappa shape index (κ2) is 8.19. The molecule has 19 heavy (non-hydrogen) atoms. The smallest absolute Gasteiger partial charge is 0.122 e. The van der Waals surface area contributed by atoms with Crippen molar-refractivity contribution in [2.75, 3.05) is 33.7 Å². The molecule has 0 fully saturated rings. The van der Waals surface area contributed by atoms with Gasteiger partial charge < -0.3 is 10.6 Å². The molecular weight excluding hydrogens is 256 g/mol. The van der Waals surface area contributed by atoms with E-state index >= 15 is 0 Å². The van der Waals surface area contributed by atoms with Gasteiger partial charge in [-0.25, -0.2) is 0 Å². The second-order valence-corrected chi connectivity index (χ2v) is 5.38. The molecule has 2 N–H and O–H groups in total. The number of hydrogen-bond acceptors (Lipinski definition) is 4. The molecule has 0 atom stereocenters. The van der Waals surface area contributed by atoms with E-state index in [1.165, 1.54) is 12.0 Å². The summed E-state index contributed by atoms with van der Waals surface area (Å²) in [4.78, 5) is 9.16. The lowest BCUT2D eigenvalue weighted by Gasteiger charge is -2.21. The maximum absolute atomic E-state index is 5.61. The van der Waals surface area contributed by atoms with Gasteiger partial charge in [-0.3, -0.25) is 9.88 Å². The Morgan fingerprint density at radius 3 is 2.68 bits per heavy atom. The number of thiocarbonyl (C=S) groups is 1. The summed E-state index contributed by atoms with van der Waals surface area (Å²) in [6.45, 7) is 6.36. The lowest BCUT2D eigenvalue weighted by atomic mass is 10.2. The maximum Gasteiger partial charge on any atom is 0.122 e. The Hall–Kier alpha value is -1.04. The zero-order valence-corrected chi connectivity index (χ0v) is 12.9. The minimum atomic E-state index is 0.359. The van der Waals surface area contributed by atoms with Crippen LogP contribution >= 0.6 is 12.2 Å². The van der Waals surface area contributed by atoms with Crippen LogP contribution in [0.2, 0.25) is 0 Å². The minimum absolute atomic E-state index is 0.359. The zero-order valence-electron chi connectivity index (χ0n) is 12.1. The first kappa shape index (κ1) is 16.0. The van der Waals surface area contributed by atoms with E-state index in [9.17, 15) is 0 Å². The standard InChI is InChI=1S/C14H24N4S/c1-4-18(9-5-8-17(2)3)11-12-6-7-16-13(10-12)14(15)19/h6-7,10H,4-5,8-9,11H2,1-3H3,(H2,15,19). The molecule has 106 valence electrons. The topological polar surface area (TPSA) is 45.4 Å². The van der Waals surface area contributed by atoms with Crippen LogP contribution in [0.3, 0.4) is 0 Å². The van der Waals surface area contributed by atoms with Gasteiger partial charge >= 0.3 is 0 Å². The summed E-state index contributed by atoms with van der Waals surface area (Å²) in [6, 6.07) is 4.01. The summed E-state index contributed by atoms with van der Waals surface area (Å²) < 4.78 is 0. The SMILES string of the molecule is CCN(CCCN(C)C)Cc1ccnc(C(N)=S)c1. The first-order chi connectivity index (χ1) is 9.02. The lowest BCUT2D eigenvalue weighted by molar-refractivity contribution is 0.259. The van der Waals surface area contributed by atoms with Gasteiger partial charge in [-0.2, -0.15) is 0 Å². The first-order valence-corrected chi connectivity index (χ1v) is 7.05. The van der Waals surface area contributed by atoms with Crippen molar-refractivity contribution < 1.29 is 0 Å². The Morgan fingerprint density at radius 2 is 2.11 bits per heavy atom. The summed E-state index contributed by atoms with van der Waals surface area (Å²) in [6.07, 6.45) is 2.95. The van der Waals surface area contributed by atoms with Gasteiger partial charge in [0, 0.05) is 12.7 Å². The van der Waals surface area contributed by atoms with E-state index in [0.717, 1.165) is 26.2 Å². The van der Waals surface area contributed by atoms with E-state index in [1.54, 1.807) is 6.20 Å². The molecule has 0 radical (unpaired) electrons. The molecule has 0 aliphatic heterocycles. The van der Waals surface area contributed by atoms with E-state index in [2.05, 4.69) is 35.8 Å². The lowest BCUT2D eigenvalue weighted by Crippen LogP contribution is -2.27. The van der Waals surface area contributed by atoms with Crippen molar-refractivity contribution in [2.45, 2.75) is 19.9 Å². The number of nitrogens with two attached hydrogens (primary N) is 1. The average molecular weight is 280 g/mol. The Morgan fingerprint density at radius 1 is 1.37 bits per heavy atom. The molecule has 1 heterocycles. The van der Waals surface area contributed by atoms with Gasteiger partial charge in [-0.1, -0.05) is 19.1 Å². The number of hydrogen-bond donors (Lipinski definition) is 1. The number of pyridine rings is 1. The molecule has 5 heteroatoms. The highest BCUT2D eigenvalue weighted by Gasteiger charge is 2.06. The van der Waals surface area contributed by atoms with Gasteiger partial charge in [0.25, 0.3) is 0 Å². The largest absolute Gasteiger partial charge is 0.388 e. The van der Waals surface area contributed by atoms with Crippen LogP contribution in [0.4, 0.5) is 0 Å². The molecule has 1 aromatic heterocycles. The Bertz CT molecular complexity index is 406. The number of aromatic nitrogens is 1. The summed E-state index contributed by atoms with van der Waals surface area (Å²) in [5, 5.41) is 0. The summed E-state index contributed by atoms with van der Waals surface area (Å²) >= 11 is 4.96. The van der Waals surface area contributed by atoms with Crippen LogP contribution in [0, 0.1) is 0 Å². The number of rotatable bonds is 8. The molecule has 0 unspecified atom stereocenters. The van der Waals surface area contributed by atoms with Gasteiger partial charge in [0.05, 0.1) is 5.69 Å². The minimum Gasteiger partial charge on any atom is -0.388 e. The molecule has 0 bridgehead atoms. The van der Waals surface area contributed by atoms with Gasteiger partial charge in [-0.15, -0.1) is 0 Å². The summed E-state index contributed by atoms with van der Waals surface area (Å²) in [5.41, 5.74) is 7.53. The van der Waals surface area contributed by atoms with E-state index in [-0.39, 0.29) is 0 Å². The maximum atomic E-state index is 5.61. The highest BCUT2D eigenvalue weighted by atomic mass is 32.1. The van der Waals surface area contributed by atoms with Crippen molar-refractivity contribution in [3.05, 3.63) is 29.6 Å². The third-order valence-electron chi connectivity index (χ3n) is 3.01. The van der Waals surface area contributed by atoms with Gasteiger partial charge in [0.1, 0.15) is 4.99 Å². The first-order valence-electron chi connectivity index (χ1n) is 6.64. The molecule has 1 rings (SSSR count). The molecular formula is C14H24N4S. The van der Waals surface area contributed by atoms with Crippen LogP contribution in [0.15, 0.2) is 18.3 Å². The van der Waals surface area contributed by atoms with Crippen LogP contribution in [0.1, 0.15) is 24.6 Å². The zero-order chi connectivity index (χ0) is 14.3. The molecule has 0 aromatic carbocycles. The quantitative estimate of drug-likeness (QED) is 0.731. The fourth-order valence-corrected chi connectivity index (χ4v) is 2.04. The Labute approximate surface area is 121 Å². The predicted molar refractivity (Wildman–Crippen MR) is 84.2 cm³/mol. The highest BCUT2D eigenvalue weighted by molar-refractivity contribution is 7.80. The van der Waals surface area contributed by atoms with Crippen molar-refractivity contribution in [1.82, 2.24) is 14.8 Å². The van der Waals surface area contributed by atoms with Crippen LogP contribution in [-0.4, -0.2) is 53.5 Å². The van der Waals surface area contributed by atoms with Crippen molar-refractivity contribution in [2.24, 2.45) is 5.73 Å². The highest BCUT2D eigenvalue weighted by Crippen LogP contribution is 2.07. The fraction of sp³-hybridized carbons (Fsp3) is 0.571. The molecule has 0 amide bonds. The van der Waals surface area contributed by atoms with Crippen molar-refractivity contribution >= 4 is 17.2 Å². The molecule has 0 saturated heterocycles. The van der Waals surface area contributed by atoms with E-state index in [1.807, 2.05) is 12.1 Å². The normalized spacial score (nSPS) is 11.2. The van der Waals surface area contributed by atoms with Gasteiger partial charge in [0.2, 0.25) is 0 Å². The molecule has 0 saturated carbocycles. The number of nitrogens with zero attached hydrogens (tertiary/aromatic N) is 3. The third kappa shape index (κ3) is 6.09. The summed E-state index contributed by atoms with van der Waals surface area (Å²) in [7, 11) is 4.21. The van der Waals surface area contributed by atoms with Crippen molar-refractivity contribution in [3.8, 4) is 0 Å². The third-order valence-corrected chi connectivity index (χ3v) is 3.22. The fourth-order valence-electron chi connectivity index (χ4n) is 1.93. The molecule has 0 spiro atoms. The molecule has 0 aliphatic carbocycles. The van der Waals surface area contributed by atoms with Crippen molar-refractivity contribution in [3.63, 3.8) is 0 Å². The Balaban J connectivity index is 2.55. The van der Waals surface area contributed by atoms with E-state index in [4.69, 9.17) is 18.0 Å². The second-order valence-electron chi connectivity index (χ2n) is 4.94. The average Bonchev–Trinajstić information content (AvgIpc) is 2.37. The van der Waals surface area contributed by atoms with Crippen LogP contribution < -0.4 is 5.73 Å². The molecule has 0 aliphatic rings. The van der Waals surface area contributed by atoms with E-state index < -0.39 is 0 Å². The molecule has 1 aromatic rings. The predicted octanol–water partition coefficient (Wildman–Crippen LogP) is 1.49. The molecule has 4 nitrogen and oxygen atoms in total. The summed E-state index contributed by atoms with van der Waals surface area (Å²) in [5.74, 6) is 0. The van der Waals surface area contributed by atoms with Crippen LogP contribution in [-0.2, 0) is 6.54 Å². The Kier molecular flexibility index (Phi) is 6.91. The monoisotopic (exact) mass is 280 g/mol. The van der Waals surface area contributed by atoms with Crippen molar-refractivity contribution in [1.29, 1.82) is 0 Å². The van der Waals surface area contributed by atoms with Gasteiger partial charge in [-0.05, 0) is 57.8 Å². The van der Waals surface area contributed by atoms with E-state index in [0.29, 0.717) is 10.7 Å². The van der Waals surface area contributed by atoms with Gasteiger partial charge in [0.15, 0.2) is 0 Å². The van der Waals surface area contributed by atoms with Crippen LogP contribution in [0.25, 0.3) is 0 Å².